The van der Waals surface area contributed by atoms with E-state index in [-0.39, 0.29) is 11.2 Å². The van der Waals surface area contributed by atoms with Gasteiger partial charge in [0.1, 0.15) is 5.82 Å². The van der Waals surface area contributed by atoms with Crippen molar-refractivity contribution in [2.24, 2.45) is 5.41 Å². The molecule has 1 N–H and O–H groups in total. The molecule has 0 atom stereocenters. The van der Waals surface area contributed by atoms with E-state index in [1.807, 2.05) is 19.2 Å². The third kappa shape index (κ3) is 3.78. The molecular formula is C14H21BrFN. The fourth-order valence-electron chi connectivity index (χ4n) is 2.26. The lowest BCUT2D eigenvalue weighted by Gasteiger charge is -2.32. The third-order valence-corrected chi connectivity index (χ3v) is 4.13. The fourth-order valence-corrected chi connectivity index (χ4v) is 2.59. The summed E-state index contributed by atoms with van der Waals surface area (Å²) in [5.41, 5.74) is 0.968. The van der Waals surface area contributed by atoms with Gasteiger partial charge in [0.15, 0.2) is 0 Å². The number of hydrogen-bond acceptors (Lipinski definition) is 1. The summed E-state index contributed by atoms with van der Waals surface area (Å²) in [5, 5.41) is 3.23. The van der Waals surface area contributed by atoms with Crippen molar-refractivity contribution < 1.29 is 4.39 Å². The second kappa shape index (κ2) is 6.50. The Morgan fingerprint density at radius 1 is 1.29 bits per heavy atom. The van der Waals surface area contributed by atoms with Gasteiger partial charge in [0.25, 0.3) is 0 Å². The molecule has 0 spiro atoms. The first kappa shape index (κ1) is 14.7. The molecule has 0 aliphatic carbocycles. The summed E-state index contributed by atoms with van der Waals surface area (Å²) < 4.78 is 14.6. The average Bonchev–Trinajstić information content (AvgIpc) is 2.32. The molecule has 1 aromatic rings. The Bertz CT molecular complexity index is 361. The SMILES string of the molecule is CCC(CC)(CNC)Cc1ccc(Br)cc1F. The van der Waals surface area contributed by atoms with E-state index in [0.717, 1.165) is 35.8 Å². The second-order valence-corrected chi connectivity index (χ2v) is 5.57. The lowest BCUT2D eigenvalue weighted by Crippen LogP contribution is -2.33. The molecule has 0 amide bonds. The lowest BCUT2D eigenvalue weighted by molar-refractivity contribution is 0.250. The van der Waals surface area contributed by atoms with Crippen LogP contribution in [0.1, 0.15) is 32.3 Å². The summed E-state index contributed by atoms with van der Waals surface area (Å²) in [4.78, 5) is 0. The summed E-state index contributed by atoms with van der Waals surface area (Å²) in [5.74, 6) is -0.109. The zero-order chi connectivity index (χ0) is 12.9. The van der Waals surface area contributed by atoms with Crippen molar-refractivity contribution in [1.82, 2.24) is 5.32 Å². The van der Waals surface area contributed by atoms with Crippen molar-refractivity contribution in [2.75, 3.05) is 13.6 Å². The molecule has 0 aromatic heterocycles. The molecule has 96 valence electrons. The van der Waals surface area contributed by atoms with E-state index in [1.54, 1.807) is 6.07 Å². The van der Waals surface area contributed by atoms with Crippen molar-refractivity contribution in [1.29, 1.82) is 0 Å². The van der Waals surface area contributed by atoms with Gasteiger partial charge in [-0.2, -0.15) is 0 Å². The Hall–Kier alpha value is -0.410. The van der Waals surface area contributed by atoms with E-state index in [1.165, 1.54) is 0 Å². The minimum atomic E-state index is -0.109. The predicted octanol–water partition coefficient (Wildman–Crippen LogP) is 4.16. The largest absolute Gasteiger partial charge is 0.319 e. The summed E-state index contributed by atoms with van der Waals surface area (Å²) in [6, 6.07) is 5.34. The molecule has 17 heavy (non-hydrogen) atoms. The van der Waals surface area contributed by atoms with Gasteiger partial charge in [-0.1, -0.05) is 35.8 Å². The first-order valence-electron chi connectivity index (χ1n) is 6.15. The van der Waals surface area contributed by atoms with Gasteiger partial charge in [0, 0.05) is 11.0 Å². The molecule has 0 aliphatic rings. The van der Waals surface area contributed by atoms with Gasteiger partial charge in [-0.3, -0.25) is 0 Å². The molecule has 0 saturated carbocycles. The highest BCUT2D eigenvalue weighted by Gasteiger charge is 2.26. The van der Waals surface area contributed by atoms with Crippen LogP contribution in [0.25, 0.3) is 0 Å². The highest BCUT2D eigenvalue weighted by molar-refractivity contribution is 9.10. The molecule has 0 unspecified atom stereocenters. The molecule has 0 aliphatic heterocycles. The molecule has 0 saturated heterocycles. The maximum atomic E-state index is 13.8. The van der Waals surface area contributed by atoms with E-state index in [0.29, 0.717) is 0 Å². The Morgan fingerprint density at radius 2 is 1.94 bits per heavy atom. The number of halogens is 2. The van der Waals surface area contributed by atoms with Crippen LogP contribution < -0.4 is 5.32 Å². The topological polar surface area (TPSA) is 12.0 Å². The Labute approximate surface area is 112 Å². The predicted molar refractivity (Wildman–Crippen MR) is 74.7 cm³/mol. The van der Waals surface area contributed by atoms with Gasteiger partial charge in [0.2, 0.25) is 0 Å². The fraction of sp³-hybridized carbons (Fsp3) is 0.571. The first-order valence-corrected chi connectivity index (χ1v) is 6.94. The van der Waals surface area contributed by atoms with Gasteiger partial charge in [0.05, 0.1) is 0 Å². The molecule has 0 radical (unpaired) electrons. The van der Waals surface area contributed by atoms with Gasteiger partial charge in [-0.25, -0.2) is 4.39 Å². The van der Waals surface area contributed by atoms with Crippen molar-refractivity contribution in [3.05, 3.63) is 34.1 Å². The van der Waals surface area contributed by atoms with Crippen LogP contribution in [-0.4, -0.2) is 13.6 Å². The summed E-state index contributed by atoms with van der Waals surface area (Å²) in [7, 11) is 1.96. The minimum absolute atomic E-state index is 0.109. The van der Waals surface area contributed by atoms with Crippen LogP contribution in [0.5, 0.6) is 0 Å². The highest BCUT2D eigenvalue weighted by Crippen LogP contribution is 2.31. The van der Waals surface area contributed by atoms with Crippen LogP contribution in [0.4, 0.5) is 4.39 Å². The van der Waals surface area contributed by atoms with E-state index >= 15 is 0 Å². The highest BCUT2D eigenvalue weighted by atomic mass is 79.9. The number of rotatable bonds is 6. The zero-order valence-corrected chi connectivity index (χ0v) is 12.4. The summed E-state index contributed by atoms with van der Waals surface area (Å²) in [6.45, 7) is 5.28. The smallest absolute Gasteiger partial charge is 0.127 e. The summed E-state index contributed by atoms with van der Waals surface area (Å²) in [6.07, 6.45) is 2.90. The number of hydrogen-bond donors (Lipinski definition) is 1. The van der Waals surface area contributed by atoms with Crippen molar-refractivity contribution in [3.8, 4) is 0 Å². The number of benzene rings is 1. The first-order chi connectivity index (χ1) is 8.06. The van der Waals surface area contributed by atoms with Gasteiger partial charge in [-0.15, -0.1) is 0 Å². The van der Waals surface area contributed by atoms with E-state index in [9.17, 15) is 4.39 Å². The lowest BCUT2D eigenvalue weighted by atomic mass is 9.77. The van der Waals surface area contributed by atoms with Crippen molar-refractivity contribution in [2.45, 2.75) is 33.1 Å². The van der Waals surface area contributed by atoms with Crippen LogP contribution in [0.3, 0.4) is 0 Å². The molecule has 3 heteroatoms. The maximum Gasteiger partial charge on any atom is 0.127 e. The molecule has 1 aromatic carbocycles. The van der Waals surface area contributed by atoms with Gasteiger partial charge < -0.3 is 5.32 Å². The van der Waals surface area contributed by atoms with Gasteiger partial charge in [-0.05, 0) is 49.4 Å². The van der Waals surface area contributed by atoms with Crippen LogP contribution in [0, 0.1) is 11.2 Å². The van der Waals surface area contributed by atoms with E-state index in [2.05, 4.69) is 35.1 Å². The Kier molecular flexibility index (Phi) is 5.60. The van der Waals surface area contributed by atoms with Gasteiger partial charge >= 0.3 is 0 Å². The quantitative estimate of drug-likeness (QED) is 0.832. The molecular weight excluding hydrogens is 281 g/mol. The Balaban J connectivity index is 2.92. The monoisotopic (exact) mass is 301 g/mol. The minimum Gasteiger partial charge on any atom is -0.319 e. The summed E-state index contributed by atoms with van der Waals surface area (Å²) >= 11 is 3.29. The standard InChI is InChI=1S/C14H21BrFN/c1-4-14(5-2,10-17-3)9-11-6-7-12(15)8-13(11)16/h6-8,17H,4-5,9-10H2,1-3H3. The average molecular weight is 302 g/mol. The van der Waals surface area contributed by atoms with Crippen LogP contribution in [0.2, 0.25) is 0 Å². The normalized spacial score (nSPS) is 11.8. The van der Waals surface area contributed by atoms with E-state index in [4.69, 9.17) is 0 Å². The van der Waals surface area contributed by atoms with E-state index < -0.39 is 0 Å². The number of nitrogens with one attached hydrogen (secondary N) is 1. The Morgan fingerprint density at radius 3 is 2.41 bits per heavy atom. The molecule has 0 fully saturated rings. The molecule has 1 rings (SSSR count). The van der Waals surface area contributed by atoms with Crippen LogP contribution >= 0.6 is 15.9 Å². The van der Waals surface area contributed by atoms with Crippen molar-refractivity contribution >= 4 is 15.9 Å². The maximum absolute atomic E-state index is 13.8. The van der Waals surface area contributed by atoms with Crippen LogP contribution in [0.15, 0.2) is 22.7 Å². The molecule has 0 bridgehead atoms. The molecule has 1 nitrogen and oxygen atoms in total. The third-order valence-electron chi connectivity index (χ3n) is 3.63. The van der Waals surface area contributed by atoms with Crippen molar-refractivity contribution in [3.63, 3.8) is 0 Å². The second-order valence-electron chi connectivity index (χ2n) is 4.65. The van der Waals surface area contributed by atoms with Crippen LogP contribution in [-0.2, 0) is 6.42 Å². The molecule has 0 heterocycles. The zero-order valence-electron chi connectivity index (χ0n) is 10.8.